The molecule has 26 heavy (non-hydrogen) atoms. The van der Waals surface area contributed by atoms with Gasteiger partial charge in [-0.2, -0.15) is 0 Å². The fourth-order valence-corrected chi connectivity index (χ4v) is 3.23. The van der Waals surface area contributed by atoms with E-state index in [1.54, 1.807) is 31.4 Å². The summed E-state index contributed by atoms with van der Waals surface area (Å²) in [6.45, 7) is 0. The van der Waals surface area contributed by atoms with Crippen molar-refractivity contribution in [3.05, 3.63) is 66.7 Å². The van der Waals surface area contributed by atoms with Gasteiger partial charge in [-0.1, -0.05) is 30.3 Å². The van der Waals surface area contributed by atoms with Gasteiger partial charge in [0.05, 0.1) is 19.2 Å². The lowest BCUT2D eigenvalue weighted by Crippen LogP contribution is -2.34. The molecule has 0 aliphatic carbocycles. The maximum absolute atomic E-state index is 12.8. The molecule has 1 aliphatic heterocycles. The quantitative estimate of drug-likeness (QED) is 0.734. The summed E-state index contributed by atoms with van der Waals surface area (Å²) in [5.74, 6) is 0.227. The number of carbonyl (C=O) groups is 2. The molecule has 3 aromatic rings. The Kier molecular flexibility index (Phi) is 4.05. The minimum Gasteiger partial charge on any atom is -0.497 e. The van der Waals surface area contributed by atoms with E-state index in [2.05, 4.69) is 5.32 Å². The molecule has 130 valence electrons. The van der Waals surface area contributed by atoms with Gasteiger partial charge in [0.25, 0.3) is 5.91 Å². The van der Waals surface area contributed by atoms with Gasteiger partial charge in [-0.25, -0.2) is 4.90 Å². The molecule has 1 saturated heterocycles. The Bertz CT molecular complexity index is 982. The van der Waals surface area contributed by atoms with Crippen LogP contribution in [0.5, 0.6) is 5.75 Å². The van der Waals surface area contributed by atoms with Crippen molar-refractivity contribution < 1.29 is 14.3 Å². The van der Waals surface area contributed by atoms with Crippen LogP contribution < -0.4 is 15.0 Å². The minimum atomic E-state index is -0.564. The summed E-state index contributed by atoms with van der Waals surface area (Å²) in [6.07, 6.45) is 0.137. The van der Waals surface area contributed by atoms with Gasteiger partial charge in [0.15, 0.2) is 0 Å². The SMILES string of the molecule is COc1ccc(N2C(=O)C[C@H](Nc3ccc4ccccc4c3)C2=O)cc1. The van der Waals surface area contributed by atoms with E-state index in [9.17, 15) is 9.59 Å². The molecule has 5 nitrogen and oxygen atoms in total. The second-order valence-corrected chi connectivity index (χ2v) is 6.23. The van der Waals surface area contributed by atoms with E-state index in [-0.39, 0.29) is 18.2 Å². The number of fused-ring (bicyclic) bond motifs is 1. The van der Waals surface area contributed by atoms with Crippen LogP contribution in [0.4, 0.5) is 11.4 Å². The summed E-state index contributed by atoms with van der Waals surface area (Å²) in [4.78, 5) is 26.4. The molecule has 0 saturated carbocycles. The standard InChI is InChI=1S/C21H18N2O3/c1-26-18-10-8-17(9-11-18)23-20(24)13-19(21(23)25)22-16-7-6-14-4-2-3-5-15(14)12-16/h2-12,19,22H,13H2,1H3/t19-/m0/s1. The molecule has 5 heteroatoms. The van der Waals surface area contributed by atoms with Crippen molar-refractivity contribution in [1.29, 1.82) is 0 Å². The van der Waals surface area contributed by atoms with Gasteiger partial charge in [-0.3, -0.25) is 9.59 Å². The number of benzene rings is 3. The van der Waals surface area contributed by atoms with Crippen molar-refractivity contribution in [1.82, 2.24) is 0 Å². The first-order chi connectivity index (χ1) is 12.7. The van der Waals surface area contributed by atoms with E-state index in [1.165, 1.54) is 4.90 Å². The number of anilines is 2. The summed E-state index contributed by atoms with van der Waals surface area (Å²) < 4.78 is 5.12. The van der Waals surface area contributed by atoms with Crippen LogP contribution in [0.25, 0.3) is 10.8 Å². The van der Waals surface area contributed by atoms with Gasteiger partial charge in [0.2, 0.25) is 5.91 Å². The Morgan fingerprint density at radius 1 is 0.962 bits per heavy atom. The van der Waals surface area contributed by atoms with E-state index in [0.717, 1.165) is 16.5 Å². The lowest BCUT2D eigenvalue weighted by molar-refractivity contribution is -0.121. The monoisotopic (exact) mass is 346 g/mol. The summed E-state index contributed by atoms with van der Waals surface area (Å²) in [7, 11) is 1.57. The maximum Gasteiger partial charge on any atom is 0.256 e. The normalized spacial score (nSPS) is 17.0. The van der Waals surface area contributed by atoms with Crippen molar-refractivity contribution >= 4 is 34.0 Å². The highest BCUT2D eigenvalue weighted by Gasteiger charge is 2.39. The first kappa shape index (κ1) is 16.1. The molecule has 1 fully saturated rings. The third-order valence-corrected chi connectivity index (χ3v) is 4.57. The number of rotatable bonds is 4. The Hall–Kier alpha value is -3.34. The number of nitrogens with zero attached hydrogens (tertiary/aromatic N) is 1. The number of hydrogen-bond acceptors (Lipinski definition) is 4. The second-order valence-electron chi connectivity index (χ2n) is 6.23. The Balaban J connectivity index is 1.55. The molecule has 1 aliphatic rings. The van der Waals surface area contributed by atoms with Crippen LogP contribution in [0, 0.1) is 0 Å². The second kappa shape index (κ2) is 6.52. The van der Waals surface area contributed by atoms with Gasteiger partial charge in [-0.15, -0.1) is 0 Å². The highest BCUT2D eigenvalue weighted by atomic mass is 16.5. The average Bonchev–Trinajstić information content (AvgIpc) is 2.95. The maximum atomic E-state index is 12.8. The zero-order chi connectivity index (χ0) is 18.1. The topological polar surface area (TPSA) is 58.6 Å². The Labute approximate surface area is 151 Å². The van der Waals surface area contributed by atoms with Crippen LogP contribution >= 0.6 is 0 Å². The van der Waals surface area contributed by atoms with Gasteiger partial charge in [0, 0.05) is 5.69 Å². The van der Waals surface area contributed by atoms with E-state index in [4.69, 9.17) is 4.74 Å². The Morgan fingerprint density at radius 2 is 1.69 bits per heavy atom. The average molecular weight is 346 g/mol. The molecule has 0 spiro atoms. The number of methoxy groups -OCH3 is 1. The smallest absolute Gasteiger partial charge is 0.256 e. The van der Waals surface area contributed by atoms with E-state index in [1.807, 2.05) is 42.5 Å². The third kappa shape index (κ3) is 2.88. The Morgan fingerprint density at radius 3 is 2.42 bits per heavy atom. The molecule has 0 aromatic heterocycles. The number of amides is 2. The number of nitrogens with one attached hydrogen (secondary N) is 1. The fourth-order valence-electron chi connectivity index (χ4n) is 3.23. The van der Waals surface area contributed by atoms with Gasteiger partial charge < -0.3 is 10.1 Å². The summed E-state index contributed by atoms with van der Waals surface area (Å²) >= 11 is 0. The number of ether oxygens (including phenoxy) is 1. The van der Waals surface area contributed by atoms with Crippen LogP contribution in [0.15, 0.2) is 66.7 Å². The van der Waals surface area contributed by atoms with Crippen molar-refractivity contribution in [3.8, 4) is 5.75 Å². The lowest BCUT2D eigenvalue weighted by atomic mass is 10.1. The van der Waals surface area contributed by atoms with E-state index in [0.29, 0.717) is 11.4 Å². The highest BCUT2D eigenvalue weighted by molar-refractivity contribution is 6.23. The molecular formula is C21H18N2O3. The number of hydrogen-bond donors (Lipinski definition) is 1. The van der Waals surface area contributed by atoms with Crippen molar-refractivity contribution in [2.45, 2.75) is 12.5 Å². The molecule has 1 heterocycles. The van der Waals surface area contributed by atoms with Crippen LogP contribution in [-0.4, -0.2) is 25.0 Å². The summed E-state index contributed by atoms with van der Waals surface area (Å²) in [5.41, 5.74) is 1.38. The fraction of sp³-hybridized carbons (Fsp3) is 0.143. The van der Waals surface area contributed by atoms with Gasteiger partial charge in [-0.05, 0) is 47.2 Å². The first-order valence-electron chi connectivity index (χ1n) is 8.42. The van der Waals surface area contributed by atoms with Crippen LogP contribution in [0.1, 0.15) is 6.42 Å². The predicted octanol–water partition coefficient (Wildman–Crippen LogP) is 3.59. The zero-order valence-electron chi connectivity index (χ0n) is 14.3. The summed E-state index contributed by atoms with van der Waals surface area (Å²) in [6, 6.07) is 20.3. The first-order valence-corrected chi connectivity index (χ1v) is 8.42. The van der Waals surface area contributed by atoms with E-state index < -0.39 is 6.04 Å². The van der Waals surface area contributed by atoms with Crippen molar-refractivity contribution in [2.75, 3.05) is 17.3 Å². The van der Waals surface area contributed by atoms with Crippen molar-refractivity contribution in [2.24, 2.45) is 0 Å². The third-order valence-electron chi connectivity index (χ3n) is 4.57. The highest BCUT2D eigenvalue weighted by Crippen LogP contribution is 2.27. The largest absolute Gasteiger partial charge is 0.497 e. The molecule has 1 atom stereocenters. The molecule has 2 amide bonds. The van der Waals surface area contributed by atoms with Gasteiger partial charge in [0.1, 0.15) is 11.8 Å². The molecular weight excluding hydrogens is 328 g/mol. The van der Waals surface area contributed by atoms with Crippen LogP contribution in [0.3, 0.4) is 0 Å². The molecule has 4 rings (SSSR count). The van der Waals surface area contributed by atoms with Crippen LogP contribution in [0.2, 0.25) is 0 Å². The van der Waals surface area contributed by atoms with Gasteiger partial charge >= 0.3 is 0 Å². The van der Waals surface area contributed by atoms with E-state index >= 15 is 0 Å². The molecule has 3 aromatic carbocycles. The molecule has 0 unspecified atom stereocenters. The van der Waals surface area contributed by atoms with Crippen LogP contribution in [-0.2, 0) is 9.59 Å². The van der Waals surface area contributed by atoms with Crippen molar-refractivity contribution in [3.63, 3.8) is 0 Å². The number of carbonyl (C=O) groups excluding carboxylic acids is 2. The summed E-state index contributed by atoms with van der Waals surface area (Å²) in [5, 5.41) is 5.41. The molecule has 0 bridgehead atoms. The predicted molar refractivity (Wildman–Crippen MR) is 101 cm³/mol. The molecule has 1 N–H and O–H groups in total. The lowest BCUT2D eigenvalue weighted by Gasteiger charge is -2.16. The molecule has 0 radical (unpaired) electrons. The zero-order valence-corrected chi connectivity index (χ0v) is 14.3. The minimum absolute atomic E-state index is 0.137. The number of imide groups is 1.